The molecule has 130 valence electrons. The number of rotatable bonds is 6. The van der Waals surface area contributed by atoms with E-state index in [1.54, 1.807) is 18.1 Å². The molecule has 2 saturated heterocycles. The van der Waals surface area contributed by atoms with Crippen LogP contribution in [-0.4, -0.2) is 61.7 Å². The van der Waals surface area contributed by atoms with Crippen LogP contribution in [0.1, 0.15) is 12.2 Å². The molecule has 1 aromatic rings. The van der Waals surface area contributed by atoms with Gasteiger partial charge < -0.3 is 18.8 Å². The fourth-order valence-corrected chi connectivity index (χ4v) is 3.85. The van der Waals surface area contributed by atoms with Gasteiger partial charge in [-0.1, -0.05) is 24.0 Å². The number of thiocarbonyl (C=S) groups is 1. The standard InChI is InChI=1S/C16H20N2O4S2/c1-20-8-2-5-18-15(19)13(24-16(18)23)11-12-3-4-14(22-12)17-6-9-21-10-7-17/h3-4,11H,2,5-10H2,1H3/b13-11-. The Kier molecular flexibility index (Phi) is 5.94. The van der Waals surface area contributed by atoms with E-state index in [1.807, 2.05) is 12.1 Å². The summed E-state index contributed by atoms with van der Waals surface area (Å²) in [7, 11) is 1.65. The molecule has 0 aromatic carbocycles. The smallest absolute Gasteiger partial charge is 0.266 e. The molecular formula is C16H20N2O4S2. The van der Waals surface area contributed by atoms with Gasteiger partial charge in [0.25, 0.3) is 5.91 Å². The molecule has 1 amide bonds. The van der Waals surface area contributed by atoms with E-state index in [9.17, 15) is 4.79 Å². The van der Waals surface area contributed by atoms with Crippen molar-refractivity contribution in [3.8, 4) is 0 Å². The van der Waals surface area contributed by atoms with Crippen LogP contribution in [0.4, 0.5) is 5.88 Å². The van der Waals surface area contributed by atoms with E-state index in [4.69, 9.17) is 26.1 Å². The fraction of sp³-hybridized carbons (Fsp3) is 0.500. The highest BCUT2D eigenvalue weighted by Gasteiger charge is 2.31. The van der Waals surface area contributed by atoms with Crippen LogP contribution in [0.15, 0.2) is 21.5 Å². The Labute approximate surface area is 150 Å². The van der Waals surface area contributed by atoms with Crippen LogP contribution in [0.25, 0.3) is 6.08 Å². The van der Waals surface area contributed by atoms with Crippen LogP contribution in [0.3, 0.4) is 0 Å². The molecule has 2 aliphatic rings. The number of amides is 1. The second-order valence-corrected chi connectivity index (χ2v) is 7.13. The lowest BCUT2D eigenvalue weighted by atomic mass is 10.3. The molecular weight excluding hydrogens is 348 g/mol. The SMILES string of the molecule is COCCCN1C(=O)/C(=C/c2ccc(N3CCOCC3)o2)SC1=S. The minimum atomic E-state index is -0.0644. The summed E-state index contributed by atoms with van der Waals surface area (Å²) >= 11 is 6.62. The van der Waals surface area contributed by atoms with Gasteiger partial charge >= 0.3 is 0 Å². The number of thioether (sulfide) groups is 1. The maximum atomic E-state index is 12.5. The first-order valence-electron chi connectivity index (χ1n) is 7.86. The molecule has 0 unspecified atom stereocenters. The first-order chi connectivity index (χ1) is 11.7. The van der Waals surface area contributed by atoms with Gasteiger partial charge in [0.05, 0.1) is 18.1 Å². The Morgan fingerprint density at radius 1 is 1.38 bits per heavy atom. The van der Waals surface area contributed by atoms with Crippen molar-refractivity contribution < 1.29 is 18.7 Å². The summed E-state index contributed by atoms with van der Waals surface area (Å²) in [6, 6.07) is 3.80. The van der Waals surface area contributed by atoms with Gasteiger partial charge in [-0.15, -0.1) is 0 Å². The molecule has 0 saturated carbocycles. The average Bonchev–Trinajstić information content (AvgIpc) is 3.16. The highest BCUT2D eigenvalue weighted by molar-refractivity contribution is 8.26. The topological polar surface area (TPSA) is 55.2 Å². The van der Waals surface area contributed by atoms with Crippen molar-refractivity contribution in [2.75, 3.05) is 51.5 Å². The van der Waals surface area contributed by atoms with Gasteiger partial charge in [-0.2, -0.15) is 0 Å². The molecule has 3 rings (SSSR count). The molecule has 8 heteroatoms. The molecule has 0 atom stereocenters. The van der Waals surface area contributed by atoms with Gasteiger partial charge in [0.15, 0.2) is 5.88 Å². The number of ether oxygens (including phenoxy) is 2. The van der Waals surface area contributed by atoms with Crippen molar-refractivity contribution in [2.45, 2.75) is 6.42 Å². The third kappa shape index (κ3) is 4.00. The molecule has 0 N–H and O–H groups in total. The molecule has 0 aliphatic carbocycles. The zero-order chi connectivity index (χ0) is 16.9. The van der Waals surface area contributed by atoms with Gasteiger partial charge in [0.1, 0.15) is 10.1 Å². The van der Waals surface area contributed by atoms with Crippen molar-refractivity contribution in [3.05, 3.63) is 22.8 Å². The van der Waals surface area contributed by atoms with E-state index in [0.29, 0.717) is 41.4 Å². The second-order valence-electron chi connectivity index (χ2n) is 5.46. The second kappa shape index (κ2) is 8.15. The number of nitrogens with zero attached hydrogens (tertiary/aromatic N) is 2. The lowest BCUT2D eigenvalue weighted by Gasteiger charge is -2.26. The third-order valence-corrected chi connectivity index (χ3v) is 5.19. The summed E-state index contributed by atoms with van der Waals surface area (Å²) in [6.45, 7) is 4.22. The highest BCUT2D eigenvalue weighted by Crippen LogP contribution is 2.33. The predicted octanol–water partition coefficient (Wildman–Crippen LogP) is 2.35. The summed E-state index contributed by atoms with van der Waals surface area (Å²) in [5, 5.41) is 0. The number of hydrogen-bond acceptors (Lipinski definition) is 7. The number of carbonyl (C=O) groups excluding carboxylic acids is 1. The third-order valence-electron chi connectivity index (χ3n) is 3.81. The molecule has 6 nitrogen and oxygen atoms in total. The van der Waals surface area contributed by atoms with Gasteiger partial charge in [0, 0.05) is 45.5 Å². The van der Waals surface area contributed by atoms with Crippen LogP contribution in [0.5, 0.6) is 0 Å². The molecule has 24 heavy (non-hydrogen) atoms. The van der Waals surface area contributed by atoms with E-state index in [1.165, 1.54) is 11.8 Å². The molecule has 0 bridgehead atoms. The van der Waals surface area contributed by atoms with Crippen LogP contribution in [-0.2, 0) is 14.3 Å². The molecule has 3 heterocycles. The Hall–Kier alpha value is -1.35. The average molecular weight is 368 g/mol. The van der Waals surface area contributed by atoms with E-state index in [-0.39, 0.29) is 5.91 Å². The van der Waals surface area contributed by atoms with Crippen LogP contribution in [0.2, 0.25) is 0 Å². The zero-order valence-electron chi connectivity index (χ0n) is 13.5. The maximum absolute atomic E-state index is 12.5. The number of hydrogen-bond donors (Lipinski definition) is 0. The fourth-order valence-electron chi connectivity index (χ4n) is 2.56. The molecule has 2 aliphatic heterocycles. The van der Waals surface area contributed by atoms with Gasteiger partial charge in [-0.05, 0) is 12.5 Å². The Morgan fingerprint density at radius 2 is 2.17 bits per heavy atom. The van der Waals surface area contributed by atoms with E-state index >= 15 is 0 Å². The summed E-state index contributed by atoms with van der Waals surface area (Å²) < 4.78 is 16.8. The molecule has 0 radical (unpaired) electrons. The minimum absolute atomic E-state index is 0.0644. The maximum Gasteiger partial charge on any atom is 0.266 e. The number of carbonyl (C=O) groups is 1. The Bertz CT molecular complexity index is 638. The molecule has 0 spiro atoms. The van der Waals surface area contributed by atoms with Crippen molar-refractivity contribution in [3.63, 3.8) is 0 Å². The van der Waals surface area contributed by atoms with Crippen LogP contribution < -0.4 is 4.90 Å². The van der Waals surface area contributed by atoms with Crippen molar-refractivity contribution in [1.29, 1.82) is 0 Å². The van der Waals surface area contributed by atoms with E-state index < -0.39 is 0 Å². The summed E-state index contributed by atoms with van der Waals surface area (Å²) in [5.74, 6) is 1.40. The highest BCUT2D eigenvalue weighted by atomic mass is 32.2. The minimum Gasteiger partial charge on any atom is -0.441 e. The first kappa shape index (κ1) is 17.5. The van der Waals surface area contributed by atoms with Gasteiger partial charge in [-0.25, -0.2) is 0 Å². The monoisotopic (exact) mass is 368 g/mol. The van der Waals surface area contributed by atoms with Crippen LogP contribution in [0, 0.1) is 0 Å². The van der Waals surface area contributed by atoms with Crippen LogP contribution >= 0.6 is 24.0 Å². The number of anilines is 1. The number of morpholine rings is 1. The van der Waals surface area contributed by atoms with Gasteiger partial charge in [-0.3, -0.25) is 9.69 Å². The predicted molar refractivity (Wildman–Crippen MR) is 98.1 cm³/mol. The lowest BCUT2D eigenvalue weighted by molar-refractivity contribution is -0.122. The van der Waals surface area contributed by atoms with Gasteiger partial charge in [0.2, 0.25) is 0 Å². The summed E-state index contributed by atoms with van der Waals surface area (Å²) in [4.78, 5) is 16.8. The van der Waals surface area contributed by atoms with E-state index in [2.05, 4.69) is 4.90 Å². The molecule has 2 fully saturated rings. The van der Waals surface area contributed by atoms with E-state index in [0.717, 1.165) is 25.4 Å². The largest absolute Gasteiger partial charge is 0.441 e. The molecule has 1 aromatic heterocycles. The Balaban J connectivity index is 1.66. The van der Waals surface area contributed by atoms with Crippen molar-refractivity contribution >= 4 is 46.2 Å². The number of methoxy groups -OCH3 is 1. The van der Waals surface area contributed by atoms with Crippen molar-refractivity contribution in [2.24, 2.45) is 0 Å². The Morgan fingerprint density at radius 3 is 2.92 bits per heavy atom. The quantitative estimate of drug-likeness (QED) is 0.434. The summed E-state index contributed by atoms with van der Waals surface area (Å²) in [6.07, 6.45) is 2.53. The normalized spacial score (nSPS) is 20.5. The number of furan rings is 1. The summed E-state index contributed by atoms with van der Waals surface area (Å²) in [5.41, 5.74) is 0. The lowest BCUT2D eigenvalue weighted by Crippen LogP contribution is -2.35. The zero-order valence-corrected chi connectivity index (χ0v) is 15.2. The van der Waals surface area contributed by atoms with Crippen molar-refractivity contribution in [1.82, 2.24) is 4.90 Å². The first-order valence-corrected chi connectivity index (χ1v) is 9.08.